The average Bonchev–Trinajstić information content (AvgIpc) is 2.49. The van der Waals surface area contributed by atoms with Gasteiger partial charge >= 0.3 is 0 Å². The summed E-state index contributed by atoms with van der Waals surface area (Å²) >= 11 is 0. The maximum atomic E-state index is 10.4. The van der Waals surface area contributed by atoms with Gasteiger partial charge in [-0.15, -0.1) is 0 Å². The lowest BCUT2D eigenvalue weighted by Gasteiger charge is -2.04. The number of phenolic OH excluding ortho intramolecular Hbond substituents is 1. The summed E-state index contributed by atoms with van der Waals surface area (Å²) in [5, 5.41) is 9.09. The number of aromatic hydroxyl groups is 1. The SMILES string of the molecule is CCCCOc1cccc(O)c1.NC(=O)c1cccnc1. The van der Waals surface area contributed by atoms with Crippen molar-refractivity contribution in [1.29, 1.82) is 0 Å². The van der Waals surface area contributed by atoms with E-state index in [1.807, 2.05) is 6.07 Å². The van der Waals surface area contributed by atoms with E-state index in [1.165, 1.54) is 6.20 Å². The number of rotatable bonds is 5. The molecule has 2 rings (SSSR count). The van der Waals surface area contributed by atoms with E-state index < -0.39 is 5.91 Å². The first-order valence-corrected chi connectivity index (χ1v) is 6.75. The zero-order valence-corrected chi connectivity index (χ0v) is 12.0. The number of aromatic nitrogens is 1. The molecule has 0 saturated heterocycles. The number of hydrogen-bond acceptors (Lipinski definition) is 4. The monoisotopic (exact) mass is 288 g/mol. The van der Waals surface area contributed by atoms with Crippen LogP contribution in [0.15, 0.2) is 48.8 Å². The van der Waals surface area contributed by atoms with Gasteiger partial charge in [-0.3, -0.25) is 9.78 Å². The van der Waals surface area contributed by atoms with Crippen LogP contribution in [0.25, 0.3) is 0 Å². The summed E-state index contributed by atoms with van der Waals surface area (Å²) in [5.41, 5.74) is 5.38. The molecule has 1 aromatic heterocycles. The highest BCUT2D eigenvalue weighted by Crippen LogP contribution is 2.17. The average molecular weight is 288 g/mol. The van der Waals surface area contributed by atoms with Gasteiger partial charge in [-0.05, 0) is 30.7 Å². The van der Waals surface area contributed by atoms with Crippen LogP contribution in [0.3, 0.4) is 0 Å². The third-order valence-electron chi connectivity index (χ3n) is 2.53. The molecule has 1 amide bonds. The predicted molar refractivity (Wildman–Crippen MR) is 81.3 cm³/mol. The number of carbonyl (C=O) groups is 1. The number of phenols is 1. The number of carbonyl (C=O) groups excluding carboxylic acids is 1. The van der Waals surface area contributed by atoms with Crippen LogP contribution in [0, 0.1) is 0 Å². The van der Waals surface area contributed by atoms with E-state index in [0.717, 1.165) is 25.2 Å². The van der Waals surface area contributed by atoms with Gasteiger partial charge in [0, 0.05) is 18.5 Å². The maximum Gasteiger partial charge on any atom is 0.250 e. The molecule has 0 spiro atoms. The van der Waals surface area contributed by atoms with Crippen LogP contribution in [0.2, 0.25) is 0 Å². The van der Waals surface area contributed by atoms with Crippen LogP contribution in [-0.2, 0) is 0 Å². The Morgan fingerprint density at radius 3 is 2.67 bits per heavy atom. The molecular formula is C16H20N2O3. The quantitative estimate of drug-likeness (QED) is 0.828. The smallest absolute Gasteiger partial charge is 0.250 e. The number of hydrogen-bond donors (Lipinski definition) is 2. The summed E-state index contributed by atoms with van der Waals surface area (Å²) in [7, 11) is 0. The summed E-state index contributed by atoms with van der Waals surface area (Å²) in [4.78, 5) is 14.1. The molecule has 5 nitrogen and oxygen atoms in total. The molecule has 0 aliphatic rings. The lowest BCUT2D eigenvalue weighted by molar-refractivity contribution is 0.1000. The first-order chi connectivity index (χ1) is 10.1. The molecule has 0 fully saturated rings. The molecule has 21 heavy (non-hydrogen) atoms. The molecule has 0 radical (unpaired) electrons. The second-order valence-corrected chi connectivity index (χ2v) is 4.31. The molecule has 2 aromatic rings. The van der Waals surface area contributed by atoms with E-state index in [9.17, 15) is 4.79 Å². The summed E-state index contributed by atoms with van der Waals surface area (Å²) in [6.45, 7) is 2.84. The molecule has 0 saturated carbocycles. The maximum absolute atomic E-state index is 10.4. The van der Waals surface area contributed by atoms with Gasteiger partial charge in [0.1, 0.15) is 11.5 Å². The summed E-state index contributed by atoms with van der Waals surface area (Å²) in [5.74, 6) is 0.551. The lowest BCUT2D eigenvalue weighted by atomic mass is 10.3. The normalized spacial score (nSPS) is 9.38. The van der Waals surface area contributed by atoms with Crippen molar-refractivity contribution in [3.8, 4) is 11.5 Å². The van der Waals surface area contributed by atoms with Crippen molar-refractivity contribution in [2.24, 2.45) is 5.73 Å². The van der Waals surface area contributed by atoms with E-state index in [2.05, 4.69) is 11.9 Å². The minimum absolute atomic E-state index is 0.254. The van der Waals surface area contributed by atoms with Gasteiger partial charge in [-0.2, -0.15) is 0 Å². The van der Waals surface area contributed by atoms with Gasteiger partial charge in [0.2, 0.25) is 5.91 Å². The molecule has 3 N–H and O–H groups in total. The van der Waals surface area contributed by atoms with Crippen molar-refractivity contribution in [2.75, 3.05) is 6.61 Å². The molecule has 0 unspecified atom stereocenters. The Bertz CT molecular complexity index is 544. The van der Waals surface area contributed by atoms with E-state index in [-0.39, 0.29) is 5.75 Å². The van der Waals surface area contributed by atoms with Crippen LogP contribution in [-0.4, -0.2) is 22.6 Å². The van der Waals surface area contributed by atoms with E-state index in [4.69, 9.17) is 15.6 Å². The van der Waals surface area contributed by atoms with E-state index in [0.29, 0.717) is 5.56 Å². The predicted octanol–water partition coefficient (Wildman–Crippen LogP) is 2.75. The van der Waals surface area contributed by atoms with Crippen LogP contribution < -0.4 is 10.5 Å². The summed E-state index contributed by atoms with van der Waals surface area (Å²) in [6.07, 6.45) is 5.20. The van der Waals surface area contributed by atoms with Gasteiger partial charge in [0.15, 0.2) is 0 Å². The fourth-order valence-corrected chi connectivity index (χ4v) is 1.42. The molecule has 0 aliphatic heterocycles. The molecule has 0 atom stereocenters. The first kappa shape index (κ1) is 16.5. The van der Waals surface area contributed by atoms with Gasteiger partial charge in [-0.1, -0.05) is 19.4 Å². The topological polar surface area (TPSA) is 85.4 Å². The largest absolute Gasteiger partial charge is 0.508 e. The van der Waals surface area contributed by atoms with Crippen molar-refractivity contribution in [1.82, 2.24) is 4.98 Å². The third kappa shape index (κ3) is 6.96. The molecular weight excluding hydrogens is 268 g/mol. The Kier molecular flexibility index (Phi) is 7.35. The zero-order chi connectivity index (χ0) is 15.5. The summed E-state index contributed by atoms with van der Waals surface area (Å²) in [6, 6.07) is 10.2. The van der Waals surface area contributed by atoms with Gasteiger partial charge < -0.3 is 15.6 Å². The Balaban J connectivity index is 0.000000219. The lowest BCUT2D eigenvalue weighted by Crippen LogP contribution is -2.10. The molecule has 0 bridgehead atoms. The Labute approximate surface area is 124 Å². The second kappa shape index (κ2) is 9.36. The Morgan fingerprint density at radius 2 is 2.14 bits per heavy atom. The number of unbranched alkanes of at least 4 members (excludes halogenated alkanes) is 1. The molecule has 5 heteroatoms. The standard InChI is InChI=1S/C10H14O2.C6H6N2O/c1-2-3-7-12-10-6-4-5-9(11)8-10;7-6(9)5-2-1-3-8-4-5/h4-6,8,11H,2-3,7H2,1H3;1-4H,(H2,7,9). The van der Waals surface area contributed by atoms with Crippen molar-refractivity contribution in [3.05, 3.63) is 54.4 Å². The number of ether oxygens (including phenoxy) is 1. The number of nitrogens with two attached hydrogens (primary N) is 1. The zero-order valence-electron chi connectivity index (χ0n) is 12.0. The number of amides is 1. The van der Waals surface area contributed by atoms with Crippen LogP contribution in [0.5, 0.6) is 11.5 Å². The minimum atomic E-state index is -0.442. The fourth-order valence-electron chi connectivity index (χ4n) is 1.42. The van der Waals surface area contributed by atoms with Crippen LogP contribution in [0.4, 0.5) is 0 Å². The molecule has 112 valence electrons. The van der Waals surface area contributed by atoms with Gasteiger partial charge in [0.05, 0.1) is 12.2 Å². The van der Waals surface area contributed by atoms with Crippen molar-refractivity contribution in [3.63, 3.8) is 0 Å². The number of primary amides is 1. The van der Waals surface area contributed by atoms with Crippen LogP contribution in [0.1, 0.15) is 30.1 Å². The Hall–Kier alpha value is -2.56. The molecule has 1 aromatic carbocycles. The highest BCUT2D eigenvalue weighted by Gasteiger charge is 1.95. The van der Waals surface area contributed by atoms with Crippen LogP contribution >= 0.6 is 0 Å². The first-order valence-electron chi connectivity index (χ1n) is 6.75. The number of nitrogens with zero attached hydrogens (tertiary/aromatic N) is 1. The van der Waals surface area contributed by atoms with Crippen molar-refractivity contribution >= 4 is 5.91 Å². The number of benzene rings is 1. The highest BCUT2D eigenvalue weighted by molar-refractivity contribution is 5.92. The minimum Gasteiger partial charge on any atom is -0.508 e. The highest BCUT2D eigenvalue weighted by atomic mass is 16.5. The van der Waals surface area contributed by atoms with Gasteiger partial charge in [-0.25, -0.2) is 0 Å². The summed E-state index contributed by atoms with van der Waals surface area (Å²) < 4.78 is 5.37. The molecule has 1 heterocycles. The van der Waals surface area contributed by atoms with E-state index >= 15 is 0 Å². The van der Waals surface area contributed by atoms with E-state index in [1.54, 1.807) is 36.5 Å². The fraction of sp³-hybridized carbons (Fsp3) is 0.250. The number of pyridine rings is 1. The Morgan fingerprint density at radius 1 is 1.33 bits per heavy atom. The van der Waals surface area contributed by atoms with Gasteiger partial charge in [0.25, 0.3) is 0 Å². The third-order valence-corrected chi connectivity index (χ3v) is 2.53. The van der Waals surface area contributed by atoms with Crippen molar-refractivity contribution < 1.29 is 14.6 Å². The van der Waals surface area contributed by atoms with Crippen molar-refractivity contribution in [2.45, 2.75) is 19.8 Å². The second-order valence-electron chi connectivity index (χ2n) is 4.31. The molecule has 0 aliphatic carbocycles.